The zero-order valence-electron chi connectivity index (χ0n) is 15.4. The van der Waals surface area contributed by atoms with Gasteiger partial charge in [0.1, 0.15) is 5.75 Å². The van der Waals surface area contributed by atoms with E-state index in [2.05, 4.69) is 25.4 Å². The van der Waals surface area contributed by atoms with Gasteiger partial charge in [0, 0.05) is 17.3 Å². The molecule has 0 saturated heterocycles. The molecule has 0 spiro atoms. The molecule has 0 saturated carbocycles. The van der Waals surface area contributed by atoms with Crippen molar-refractivity contribution in [1.29, 1.82) is 0 Å². The van der Waals surface area contributed by atoms with E-state index in [0.29, 0.717) is 29.5 Å². The van der Waals surface area contributed by atoms with Crippen molar-refractivity contribution in [3.63, 3.8) is 0 Å². The highest BCUT2D eigenvalue weighted by atomic mass is 16.5. The zero-order valence-corrected chi connectivity index (χ0v) is 15.4. The first-order chi connectivity index (χ1) is 13.2. The Morgan fingerprint density at radius 1 is 1.07 bits per heavy atom. The van der Waals surface area contributed by atoms with Gasteiger partial charge in [0.15, 0.2) is 11.5 Å². The van der Waals surface area contributed by atoms with E-state index in [-0.39, 0.29) is 0 Å². The van der Waals surface area contributed by atoms with Crippen molar-refractivity contribution in [2.75, 3.05) is 11.9 Å². The number of aromatic nitrogens is 4. The molecule has 0 bridgehead atoms. The van der Waals surface area contributed by atoms with Crippen LogP contribution >= 0.6 is 0 Å². The van der Waals surface area contributed by atoms with Gasteiger partial charge in [-0.2, -0.15) is 4.98 Å². The summed E-state index contributed by atoms with van der Waals surface area (Å²) in [5, 5.41) is 8.23. The summed E-state index contributed by atoms with van der Waals surface area (Å²) >= 11 is 0. The molecule has 3 aromatic heterocycles. The lowest BCUT2D eigenvalue weighted by molar-refractivity contribution is 0.342. The lowest BCUT2D eigenvalue weighted by Gasteiger charge is -2.15. The molecule has 0 fully saturated rings. The van der Waals surface area contributed by atoms with Crippen LogP contribution in [0.25, 0.3) is 22.5 Å². The van der Waals surface area contributed by atoms with Crippen molar-refractivity contribution in [2.45, 2.75) is 20.8 Å². The topological polar surface area (TPSA) is 86.0 Å². The zero-order chi connectivity index (χ0) is 18.8. The molecule has 0 atom stereocenters. The van der Waals surface area contributed by atoms with Crippen LogP contribution < -0.4 is 10.1 Å². The summed E-state index contributed by atoms with van der Waals surface area (Å²) in [6.45, 7) is 6.25. The fraction of sp³-hybridized carbons (Fsp3) is 0.200. The Morgan fingerprint density at radius 3 is 2.70 bits per heavy atom. The van der Waals surface area contributed by atoms with E-state index in [9.17, 15) is 0 Å². The monoisotopic (exact) mass is 361 g/mol. The summed E-state index contributed by atoms with van der Waals surface area (Å²) in [6.07, 6.45) is 1.70. The summed E-state index contributed by atoms with van der Waals surface area (Å²) in [4.78, 5) is 13.4. The molecule has 4 aromatic rings. The van der Waals surface area contributed by atoms with Crippen molar-refractivity contribution in [3.8, 4) is 17.2 Å². The molecule has 7 heteroatoms. The second-order valence-corrected chi connectivity index (χ2v) is 6.07. The van der Waals surface area contributed by atoms with E-state index in [0.717, 1.165) is 28.2 Å². The van der Waals surface area contributed by atoms with E-state index in [1.54, 1.807) is 13.1 Å². The minimum absolute atomic E-state index is 0.402. The van der Waals surface area contributed by atoms with Gasteiger partial charge in [-0.15, -0.1) is 0 Å². The standard InChI is InChI=1S/C20H19N5O2/c1-4-26-17-8-6-5-7-16(17)24-18-14-10-9-12(2)22-19(14)21-11-15(18)20-23-13(3)25-27-20/h5-11H,4H2,1-3H3,(H,21,22,24). The Bertz CT molecular complexity index is 1110. The molecule has 27 heavy (non-hydrogen) atoms. The fourth-order valence-electron chi connectivity index (χ4n) is 2.86. The number of fused-ring (bicyclic) bond motifs is 1. The number of aryl methyl sites for hydroxylation is 2. The molecule has 7 nitrogen and oxygen atoms in total. The van der Waals surface area contributed by atoms with Crippen LogP contribution in [0.2, 0.25) is 0 Å². The van der Waals surface area contributed by atoms with Gasteiger partial charge >= 0.3 is 0 Å². The Morgan fingerprint density at radius 2 is 1.93 bits per heavy atom. The Hall–Kier alpha value is -3.48. The van der Waals surface area contributed by atoms with Gasteiger partial charge in [0.25, 0.3) is 5.89 Å². The van der Waals surface area contributed by atoms with E-state index < -0.39 is 0 Å². The first-order valence-electron chi connectivity index (χ1n) is 8.71. The van der Waals surface area contributed by atoms with Crippen LogP contribution in [0.1, 0.15) is 18.4 Å². The molecule has 1 aromatic carbocycles. The predicted octanol–water partition coefficient (Wildman–Crippen LogP) is 4.44. The van der Waals surface area contributed by atoms with E-state index in [1.165, 1.54) is 0 Å². The van der Waals surface area contributed by atoms with Gasteiger partial charge in [-0.3, -0.25) is 0 Å². The van der Waals surface area contributed by atoms with Crippen LogP contribution in [-0.2, 0) is 0 Å². The Kier molecular flexibility index (Phi) is 4.42. The highest BCUT2D eigenvalue weighted by molar-refractivity contribution is 5.98. The number of hydrogen-bond donors (Lipinski definition) is 1. The second kappa shape index (κ2) is 7.03. The molecule has 0 unspecified atom stereocenters. The van der Waals surface area contributed by atoms with Crippen molar-refractivity contribution >= 4 is 22.4 Å². The molecule has 0 radical (unpaired) electrons. The number of para-hydroxylation sites is 2. The van der Waals surface area contributed by atoms with Crippen LogP contribution in [0.15, 0.2) is 47.1 Å². The molecule has 0 aliphatic carbocycles. The third-order valence-corrected chi connectivity index (χ3v) is 4.07. The lowest BCUT2D eigenvalue weighted by atomic mass is 10.1. The van der Waals surface area contributed by atoms with Crippen molar-refractivity contribution in [3.05, 3.63) is 54.1 Å². The number of rotatable bonds is 5. The Balaban J connectivity index is 1.91. The van der Waals surface area contributed by atoms with Crippen LogP contribution in [0, 0.1) is 13.8 Å². The van der Waals surface area contributed by atoms with Gasteiger partial charge < -0.3 is 14.6 Å². The van der Waals surface area contributed by atoms with Gasteiger partial charge in [-0.25, -0.2) is 9.97 Å². The maximum Gasteiger partial charge on any atom is 0.261 e. The number of nitrogens with one attached hydrogen (secondary N) is 1. The molecule has 0 amide bonds. The SMILES string of the molecule is CCOc1ccccc1Nc1c(-c2nc(C)no2)cnc2nc(C)ccc12. The highest BCUT2D eigenvalue weighted by Gasteiger charge is 2.18. The summed E-state index contributed by atoms with van der Waals surface area (Å²) < 4.78 is 11.1. The third kappa shape index (κ3) is 3.31. The quantitative estimate of drug-likeness (QED) is 0.562. The highest BCUT2D eigenvalue weighted by Crippen LogP contribution is 2.37. The molecule has 1 N–H and O–H groups in total. The number of benzene rings is 1. The third-order valence-electron chi connectivity index (χ3n) is 4.07. The minimum atomic E-state index is 0.402. The van der Waals surface area contributed by atoms with E-state index in [1.807, 2.05) is 50.2 Å². The molecule has 136 valence electrons. The average molecular weight is 361 g/mol. The first kappa shape index (κ1) is 17.0. The number of nitrogens with zero attached hydrogens (tertiary/aromatic N) is 4. The molecular formula is C20H19N5O2. The Labute approximate surface area is 156 Å². The summed E-state index contributed by atoms with van der Waals surface area (Å²) in [6, 6.07) is 11.7. The van der Waals surface area contributed by atoms with Gasteiger partial charge in [-0.1, -0.05) is 17.3 Å². The normalized spacial score (nSPS) is 10.9. The van der Waals surface area contributed by atoms with Gasteiger partial charge in [0.2, 0.25) is 0 Å². The van der Waals surface area contributed by atoms with Crippen LogP contribution in [0.4, 0.5) is 11.4 Å². The van der Waals surface area contributed by atoms with Crippen LogP contribution in [-0.4, -0.2) is 26.7 Å². The molecule has 0 aliphatic heterocycles. The van der Waals surface area contributed by atoms with Crippen LogP contribution in [0.3, 0.4) is 0 Å². The van der Waals surface area contributed by atoms with Crippen LogP contribution in [0.5, 0.6) is 5.75 Å². The first-order valence-corrected chi connectivity index (χ1v) is 8.71. The second-order valence-electron chi connectivity index (χ2n) is 6.07. The summed E-state index contributed by atoms with van der Waals surface area (Å²) in [7, 11) is 0. The van der Waals surface area contributed by atoms with E-state index >= 15 is 0 Å². The number of hydrogen-bond acceptors (Lipinski definition) is 7. The number of anilines is 2. The lowest BCUT2D eigenvalue weighted by Crippen LogP contribution is -2.01. The average Bonchev–Trinajstić information content (AvgIpc) is 3.09. The van der Waals surface area contributed by atoms with Crippen molar-refractivity contribution < 1.29 is 9.26 Å². The minimum Gasteiger partial charge on any atom is -0.492 e. The van der Waals surface area contributed by atoms with Gasteiger partial charge in [-0.05, 0) is 45.0 Å². The molecule has 3 heterocycles. The summed E-state index contributed by atoms with van der Waals surface area (Å²) in [5.41, 5.74) is 3.89. The van der Waals surface area contributed by atoms with E-state index in [4.69, 9.17) is 9.26 Å². The summed E-state index contributed by atoms with van der Waals surface area (Å²) in [5.74, 6) is 1.73. The number of ether oxygens (including phenoxy) is 1. The molecular weight excluding hydrogens is 342 g/mol. The maximum atomic E-state index is 5.74. The smallest absolute Gasteiger partial charge is 0.261 e. The molecule has 0 aliphatic rings. The van der Waals surface area contributed by atoms with Crippen molar-refractivity contribution in [1.82, 2.24) is 20.1 Å². The number of pyridine rings is 2. The molecule has 4 rings (SSSR count). The maximum absolute atomic E-state index is 5.74. The predicted molar refractivity (Wildman–Crippen MR) is 103 cm³/mol. The van der Waals surface area contributed by atoms with Crippen molar-refractivity contribution in [2.24, 2.45) is 0 Å². The van der Waals surface area contributed by atoms with Gasteiger partial charge in [0.05, 0.1) is 23.5 Å². The largest absolute Gasteiger partial charge is 0.492 e. The fourth-order valence-corrected chi connectivity index (χ4v) is 2.86.